The second-order valence-corrected chi connectivity index (χ2v) is 8.85. The Morgan fingerprint density at radius 2 is 2.10 bits per heavy atom. The van der Waals surface area contributed by atoms with E-state index < -0.39 is 5.91 Å². The van der Waals surface area contributed by atoms with Crippen molar-refractivity contribution in [1.82, 2.24) is 5.43 Å². The van der Waals surface area contributed by atoms with Crippen LogP contribution in [0.4, 0.5) is 5.69 Å². The molecule has 1 N–H and O–H groups in total. The van der Waals surface area contributed by atoms with Crippen LogP contribution in [0.5, 0.6) is 0 Å². The van der Waals surface area contributed by atoms with Crippen molar-refractivity contribution in [1.29, 1.82) is 0 Å². The Morgan fingerprint density at radius 1 is 1.33 bits per heavy atom. The summed E-state index contributed by atoms with van der Waals surface area (Å²) in [6, 6.07) is 13.3. The zero-order valence-electron chi connectivity index (χ0n) is 17.7. The molecule has 1 atom stereocenters. The molecule has 0 aliphatic carbocycles. The van der Waals surface area contributed by atoms with Gasteiger partial charge in [-0.05, 0) is 62.9 Å². The maximum atomic E-state index is 12.4. The molecular formula is C24H26ClN3O2. The van der Waals surface area contributed by atoms with Crippen LogP contribution >= 0.6 is 11.6 Å². The predicted molar refractivity (Wildman–Crippen MR) is 123 cm³/mol. The first kappa shape index (κ1) is 20.5. The highest BCUT2D eigenvalue weighted by Gasteiger charge is 2.35. The van der Waals surface area contributed by atoms with Gasteiger partial charge < -0.3 is 9.32 Å². The summed E-state index contributed by atoms with van der Waals surface area (Å²) in [5.74, 6) is 0.232. The third-order valence-corrected chi connectivity index (χ3v) is 6.17. The number of nitrogens with zero attached hydrogens (tertiary/aromatic N) is 2. The molecule has 6 heteroatoms. The number of halogens is 1. The van der Waals surface area contributed by atoms with Crippen LogP contribution < -0.4 is 10.3 Å². The number of benzene rings is 2. The first-order chi connectivity index (χ1) is 14.3. The molecule has 156 valence electrons. The maximum absolute atomic E-state index is 12.4. The van der Waals surface area contributed by atoms with Crippen LogP contribution in [-0.4, -0.2) is 24.2 Å². The van der Waals surface area contributed by atoms with Crippen LogP contribution in [0.15, 0.2) is 52.0 Å². The highest BCUT2D eigenvalue weighted by atomic mass is 35.5. The summed E-state index contributed by atoms with van der Waals surface area (Å²) in [6.07, 6.45) is 2.65. The average molecular weight is 424 g/mol. The first-order valence-electron chi connectivity index (χ1n) is 10.2. The summed E-state index contributed by atoms with van der Waals surface area (Å²) in [5, 5.41) is 5.59. The van der Waals surface area contributed by atoms with Crippen LogP contribution in [0.3, 0.4) is 0 Å². The fourth-order valence-electron chi connectivity index (χ4n) is 4.53. The van der Waals surface area contributed by atoms with Gasteiger partial charge >= 0.3 is 5.91 Å². The number of anilines is 1. The van der Waals surface area contributed by atoms with Crippen molar-refractivity contribution in [3.8, 4) is 0 Å². The minimum atomic E-state index is -0.399. The van der Waals surface area contributed by atoms with Gasteiger partial charge in [0.2, 0.25) is 0 Å². The van der Waals surface area contributed by atoms with Crippen molar-refractivity contribution in [2.75, 3.05) is 11.4 Å². The normalized spacial score (nSPS) is 18.0. The highest BCUT2D eigenvalue weighted by Crippen LogP contribution is 2.44. The third-order valence-electron chi connectivity index (χ3n) is 5.84. The lowest BCUT2D eigenvalue weighted by molar-refractivity contribution is 0.0929. The molecular weight excluding hydrogens is 398 g/mol. The monoisotopic (exact) mass is 423 g/mol. The van der Waals surface area contributed by atoms with Crippen molar-refractivity contribution < 1.29 is 9.21 Å². The molecule has 1 aliphatic heterocycles. The number of carbonyl (C=O) groups is 1. The number of carbonyl (C=O) groups excluding carboxylic acids is 1. The number of amides is 1. The van der Waals surface area contributed by atoms with Gasteiger partial charge in [0.05, 0.1) is 11.2 Å². The van der Waals surface area contributed by atoms with E-state index in [0.717, 1.165) is 23.9 Å². The molecule has 30 heavy (non-hydrogen) atoms. The van der Waals surface area contributed by atoms with E-state index in [1.807, 2.05) is 30.3 Å². The molecule has 1 amide bonds. The summed E-state index contributed by atoms with van der Waals surface area (Å²) >= 11 is 6.56. The fourth-order valence-corrected chi connectivity index (χ4v) is 4.73. The second kappa shape index (κ2) is 7.80. The van der Waals surface area contributed by atoms with Crippen molar-refractivity contribution in [2.24, 2.45) is 5.10 Å². The molecule has 4 rings (SSSR count). The van der Waals surface area contributed by atoms with Gasteiger partial charge in [0.1, 0.15) is 5.58 Å². The van der Waals surface area contributed by atoms with E-state index in [4.69, 9.17) is 16.0 Å². The number of para-hydroxylation sites is 1. The topological polar surface area (TPSA) is 57.8 Å². The second-order valence-electron chi connectivity index (χ2n) is 8.44. The standard InChI is InChI=1S/C24H26ClN3O2/c1-5-28-20-12-19(25)17(10-18(20)15(2)13-24(28,3)4)14-26-27-23(29)22-11-16-8-6-7-9-21(16)30-22/h6-12,14-15H,5,13H2,1-4H3,(H,27,29)/b26-14+. The van der Waals surface area contributed by atoms with E-state index in [-0.39, 0.29) is 11.3 Å². The van der Waals surface area contributed by atoms with Crippen LogP contribution in [0.2, 0.25) is 5.02 Å². The summed E-state index contributed by atoms with van der Waals surface area (Å²) in [4.78, 5) is 14.8. The molecule has 1 aromatic heterocycles. The van der Waals surface area contributed by atoms with E-state index in [9.17, 15) is 4.79 Å². The third kappa shape index (κ3) is 3.70. The van der Waals surface area contributed by atoms with Gasteiger partial charge in [0.15, 0.2) is 5.76 Å². The molecule has 2 aromatic carbocycles. The quantitative estimate of drug-likeness (QED) is 0.416. The number of hydrogen-bond acceptors (Lipinski definition) is 4. The number of furan rings is 1. The molecule has 0 bridgehead atoms. The Kier molecular flexibility index (Phi) is 5.33. The minimum Gasteiger partial charge on any atom is -0.451 e. The van der Waals surface area contributed by atoms with Gasteiger partial charge in [-0.2, -0.15) is 5.10 Å². The van der Waals surface area contributed by atoms with Gasteiger partial charge in [-0.25, -0.2) is 5.43 Å². The van der Waals surface area contributed by atoms with Crippen LogP contribution in [0.25, 0.3) is 11.0 Å². The molecule has 0 spiro atoms. The number of hydrogen-bond donors (Lipinski definition) is 1. The summed E-state index contributed by atoms with van der Waals surface area (Å²) in [6.45, 7) is 9.87. The van der Waals surface area contributed by atoms with Gasteiger partial charge in [0, 0.05) is 28.7 Å². The van der Waals surface area contributed by atoms with Gasteiger partial charge in [-0.1, -0.05) is 36.7 Å². The largest absolute Gasteiger partial charge is 0.451 e. The minimum absolute atomic E-state index is 0.0840. The molecule has 0 saturated heterocycles. The Morgan fingerprint density at radius 3 is 2.83 bits per heavy atom. The molecule has 2 heterocycles. The molecule has 5 nitrogen and oxygen atoms in total. The Hall–Kier alpha value is -2.79. The van der Waals surface area contributed by atoms with E-state index in [1.54, 1.807) is 12.3 Å². The summed E-state index contributed by atoms with van der Waals surface area (Å²) in [5.41, 5.74) is 6.49. The van der Waals surface area contributed by atoms with Gasteiger partial charge in [-0.15, -0.1) is 0 Å². The van der Waals surface area contributed by atoms with E-state index >= 15 is 0 Å². The number of fused-ring (bicyclic) bond motifs is 2. The Labute approximate surface area is 181 Å². The molecule has 0 saturated carbocycles. The van der Waals surface area contributed by atoms with Crippen LogP contribution in [0, 0.1) is 0 Å². The summed E-state index contributed by atoms with van der Waals surface area (Å²) in [7, 11) is 0. The molecule has 3 aromatic rings. The van der Waals surface area contributed by atoms with E-state index in [2.05, 4.69) is 49.2 Å². The maximum Gasteiger partial charge on any atom is 0.307 e. The highest BCUT2D eigenvalue weighted by molar-refractivity contribution is 6.33. The average Bonchev–Trinajstić information content (AvgIpc) is 3.13. The SMILES string of the molecule is CCN1c2cc(Cl)c(/C=N/NC(=O)c3cc4ccccc4o3)cc2C(C)CC1(C)C. The molecule has 1 unspecified atom stereocenters. The van der Waals surface area contributed by atoms with Crippen molar-refractivity contribution in [2.45, 2.75) is 45.6 Å². The van der Waals surface area contributed by atoms with E-state index in [1.165, 1.54) is 11.3 Å². The van der Waals surface area contributed by atoms with Crippen LogP contribution in [-0.2, 0) is 0 Å². The number of hydrazone groups is 1. The number of nitrogens with one attached hydrogen (secondary N) is 1. The van der Waals surface area contributed by atoms with Crippen LogP contribution in [0.1, 0.15) is 61.7 Å². The summed E-state index contributed by atoms with van der Waals surface area (Å²) < 4.78 is 5.57. The Bertz CT molecular complexity index is 1100. The van der Waals surface area contributed by atoms with E-state index in [0.29, 0.717) is 16.5 Å². The zero-order chi connectivity index (χ0) is 21.5. The Balaban J connectivity index is 1.55. The van der Waals surface area contributed by atoms with Gasteiger partial charge in [0.25, 0.3) is 0 Å². The smallest absolute Gasteiger partial charge is 0.307 e. The lowest BCUT2D eigenvalue weighted by Crippen LogP contribution is -2.48. The lowest BCUT2D eigenvalue weighted by atomic mass is 9.79. The molecule has 0 radical (unpaired) electrons. The first-order valence-corrected chi connectivity index (χ1v) is 10.6. The van der Waals surface area contributed by atoms with Crippen molar-refractivity contribution in [3.63, 3.8) is 0 Å². The fraction of sp³-hybridized carbons (Fsp3) is 0.333. The molecule has 0 fully saturated rings. The zero-order valence-corrected chi connectivity index (χ0v) is 18.5. The van der Waals surface area contributed by atoms with Gasteiger partial charge in [-0.3, -0.25) is 4.79 Å². The predicted octanol–water partition coefficient (Wildman–Crippen LogP) is 5.96. The number of rotatable bonds is 4. The van der Waals surface area contributed by atoms with Crippen molar-refractivity contribution in [3.05, 3.63) is 64.4 Å². The lowest BCUT2D eigenvalue weighted by Gasteiger charge is -2.47. The van der Waals surface area contributed by atoms with Crippen molar-refractivity contribution >= 4 is 40.4 Å². The molecule has 1 aliphatic rings.